The maximum absolute atomic E-state index is 12.6. The van der Waals surface area contributed by atoms with Crippen molar-refractivity contribution in [1.29, 1.82) is 0 Å². The summed E-state index contributed by atoms with van der Waals surface area (Å²) in [6, 6.07) is 20.7. The predicted octanol–water partition coefficient (Wildman–Crippen LogP) is 4.35. The second-order valence-corrected chi connectivity index (χ2v) is 8.22. The number of halogens is 1. The van der Waals surface area contributed by atoms with E-state index >= 15 is 0 Å². The number of rotatable bonds is 7. The number of para-hydroxylation sites is 1. The van der Waals surface area contributed by atoms with Gasteiger partial charge in [0.25, 0.3) is 10.0 Å². The smallest absolute Gasteiger partial charge is 0.262 e. The van der Waals surface area contributed by atoms with Gasteiger partial charge in [-0.05, 0) is 30.3 Å². The van der Waals surface area contributed by atoms with Crippen LogP contribution in [0.25, 0.3) is 0 Å². The minimum Gasteiger partial charge on any atom is -0.326 e. The third-order valence-electron chi connectivity index (χ3n) is 3.96. The SMILES string of the molecule is O=C(CC(=O)c1ccccc1)Nc1cccc(S(=O)(=O)Nc2ccccc2Cl)c1. The van der Waals surface area contributed by atoms with E-state index in [1.54, 1.807) is 60.7 Å². The van der Waals surface area contributed by atoms with Crippen LogP contribution in [0, 0.1) is 0 Å². The van der Waals surface area contributed by atoms with Gasteiger partial charge in [0.05, 0.1) is 22.0 Å². The van der Waals surface area contributed by atoms with Crippen LogP contribution in [0.2, 0.25) is 5.02 Å². The third kappa shape index (κ3) is 5.43. The van der Waals surface area contributed by atoms with Gasteiger partial charge in [-0.1, -0.05) is 60.1 Å². The Hall–Kier alpha value is -3.16. The number of carbonyl (C=O) groups is 2. The van der Waals surface area contributed by atoms with Crippen LogP contribution in [0.5, 0.6) is 0 Å². The van der Waals surface area contributed by atoms with Gasteiger partial charge in [0.15, 0.2) is 5.78 Å². The van der Waals surface area contributed by atoms with Crippen LogP contribution in [0.4, 0.5) is 11.4 Å². The van der Waals surface area contributed by atoms with Crippen LogP contribution >= 0.6 is 11.6 Å². The van der Waals surface area contributed by atoms with Crippen molar-refractivity contribution in [3.63, 3.8) is 0 Å². The summed E-state index contributed by atoms with van der Waals surface area (Å²) in [4.78, 5) is 24.3. The van der Waals surface area contributed by atoms with Crippen LogP contribution in [-0.2, 0) is 14.8 Å². The predicted molar refractivity (Wildman–Crippen MR) is 113 cm³/mol. The highest BCUT2D eigenvalue weighted by atomic mass is 35.5. The molecule has 0 aliphatic heterocycles. The number of nitrogens with one attached hydrogen (secondary N) is 2. The quantitative estimate of drug-likeness (QED) is 0.432. The second-order valence-electron chi connectivity index (χ2n) is 6.13. The molecule has 3 aromatic carbocycles. The molecule has 0 unspecified atom stereocenters. The molecule has 6 nitrogen and oxygen atoms in total. The van der Waals surface area contributed by atoms with Crippen molar-refractivity contribution in [1.82, 2.24) is 0 Å². The molecule has 0 aliphatic rings. The summed E-state index contributed by atoms with van der Waals surface area (Å²) in [6.45, 7) is 0. The zero-order valence-corrected chi connectivity index (χ0v) is 16.7. The first-order valence-electron chi connectivity index (χ1n) is 8.61. The molecule has 0 radical (unpaired) electrons. The fourth-order valence-electron chi connectivity index (χ4n) is 2.57. The highest BCUT2D eigenvalue weighted by Crippen LogP contribution is 2.25. The van der Waals surface area contributed by atoms with Gasteiger partial charge < -0.3 is 5.32 Å². The summed E-state index contributed by atoms with van der Waals surface area (Å²) < 4.78 is 27.6. The number of Topliss-reactive ketones (excluding diaryl/α,β-unsaturated/α-hetero) is 1. The number of ketones is 1. The Morgan fingerprint density at radius 1 is 0.862 bits per heavy atom. The van der Waals surface area contributed by atoms with E-state index in [0.29, 0.717) is 5.56 Å². The van der Waals surface area contributed by atoms with Gasteiger partial charge in [0.2, 0.25) is 5.91 Å². The molecular formula is C21H17ClN2O4S. The molecule has 0 atom stereocenters. The van der Waals surface area contributed by atoms with Crippen molar-refractivity contribution in [2.45, 2.75) is 11.3 Å². The molecule has 0 saturated heterocycles. The van der Waals surface area contributed by atoms with E-state index in [2.05, 4.69) is 10.0 Å². The van der Waals surface area contributed by atoms with Gasteiger partial charge in [-0.3, -0.25) is 14.3 Å². The molecule has 3 aromatic rings. The number of amides is 1. The number of hydrogen-bond acceptors (Lipinski definition) is 4. The number of benzene rings is 3. The summed E-state index contributed by atoms with van der Waals surface area (Å²) in [5, 5.41) is 2.82. The zero-order valence-electron chi connectivity index (χ0n) is 15.1. The van der Waals surface area contributed by atoms with Gasteiger partial charge in [-0.2, -0.15) is 0 Å². The first kappa shape index (κ1) is 20.6. The number of anilines is 2. The largest absolute Gasteiger partial charge is 0.326 e. The molecule has 0 heterocycles. The maximum Gasteiger partial charge on any atom is 0.262 e. The van der Waals surface area contributed by atoms with Crippen molar-refractivity contribution >= 4 is 44.7 Å². The lowest BCUT2D eigenvalue weighted by Crippen LogP contribution is -2.17. The zero-order chi connectivity index (χ0) is 20.9. The number of hydrogen-bond donors (Lipinski definition) is 2. The van der Waals surface area contributed by atoms with Gasteiger partial charge in [0, 0.05) is 11.3 Å². The van der Waals surface area contributed by atoms with Crippen LogP contribution in [0.15, 0.2) is 83.8 Å². The highest BCUT2D eigenvalue weighted by Gasteiger charge is 2.17. The van der Waals surface area contributed by atoms with Crippen molar-refractivity contribution in [2.24, 2.45) is 0 Å². The fraction of sp³-hybridized carbons (Fsp3) is 0.0476. The first-order valence-corrected chi connectivity index (χ1v) is 10.5. The van der Waals surface area contributed by atoms with Gasteiger partial charge in [0.1, 0.15) is 0 Å². The molecule has 0 saturated carbocycles. The second kappa shape index (κ2) is 8.89. The summed E-state index contributed by atoms with van der Waals surface area (Å²) in [5.41, 5.74) is 0.942. The Labute approximate surface area is 173 Å². The molecule has 0 bridgehead atoms. The van der Waals surface area contributed by atoms with E-state index in [9.17, 15) is 18.0 Å². The molecule has 0 aromatic heterocycles. The summed E-state index contributed by atoms with van der Waals surface area (Å²) in [7, 11) is -3.91. The number of sulfonamides is 1. The molecule has 0 spiro atoms. The Kier molecular flexibility index (Phi) is 6.31. The lowest BCUT2D eigenvalue weighted by atomic mass is 10.1. The lowest BCUT2D eigenvalue weighted by Gasteiger charge is -2.11. The van der Waals surface area contributed by atoms with Crippen molar-refractivity contribution in [3.8, 4) is 0 Å². The molecule has 0 aliphatic carbocycles. The molecule has 1 amide bonds. The van der Waals surface area contributed by atoms with E-state index in [4.69, 9.17) is 11.6 Å². The molecule has 8 heteroatoms. The Morgan fingerprint density at radius 3 is 2.28 bits per heavy atom. The Bertz CT molecular complexity index is 1150. The average molecular weight is 429 g/mol. The normalized spacial score (nSPS) is 10.9. The van der Waals surface area contributed by atoms with Crippen LogP contribution in [-0.4, -0.2) is 20.1 Å². The van der Waals surface area contributed by atoms with Crippen molar-refractivity contribution in [2.75, 3.05) is 10.0 Å². The molecule has 0 fully saturated rings. The van der Waals surface area contributed by atoms with E-state index in [1.165, 1.54) is 18.2 Å². The fourth-order valence-corrected chi connectivity index (χ4v) is 3.93. The average Bonchev–Trinajstić information content (AvgIpc) is 2.70. The van der Waals surface area contributed by atoms with Crippen LogP contribution in [0.3, 0.4) is 0 Å². The topological polar surface area (TPSA) is 92.3 Å². The van der Waals surface area contributed by atoms with Gasteiger partial charge in [-0.25, -0.2) is 8.42 Å². The standard InChI is InChI=1S/C21H17ClN2O4S/c22-18-11-4-5-12-19(18)24-29(27,28)17-10-6-9-16(13-17)23-21(26)14-20(25)15-7-2-1-3-8-15/h1-13,24H,14H2,(H,23,26). The van der Waals surface area contributed by atoms with E-state index in [1.807, 2.05) is 0 Å². The van der Waals surface area contributed by atoms with Crippen molar-refractivity contribution < 1.29 is 18.0 Å². The Balaban J connectivity index is 1.71. The summed E-state index contributed by atoms with van der Waals surface area (Å²) in [6.07, 6.45) is -0.348. The third-order valence-corrected chi connectivity index (χ3v) is 5.66. The van der Waals surface area contributed by atoms with E-state index < -0.39 is 15.9 Å². The summed E-state index contributed by atoms with van der Waals surface area (Å²) in [5.74, 6) is -0.861. The number of carbonyl (C=O) groups excluding carboxylic acids is 2. The Morgan fingerprint density at radius 2 is 1.55 bits per heavy atom. The van der Waals surface area contributed by atoms with E-state index in [-0.39, 0.29) is 33.5 Å². The molecule has 148 valence electrons. The monoisotopic (exact) mass is 428 g/mol. The van der Waals surface area contributed by atoms with Crippen molar-refractivity contribution in [3.05, 3.63) is 89.4 Å². The minimum absolute atomic E-state index is 0.0513. The van der Waals surface area contributed by atoms with Gasteiger partial charge in [-0.15, -0.1) is 0 Å². The molecule has 29 heavy (non-hydrogen) atoms. The van der Waals surface area contributed by atoms with Crippen LogP contribution < -0.4 is 10.0 Å². The molecule has 2 N–H and O–H groups in total. The first-order chi connectivity index (χ1) is 13.8. The maximum atomic E-state index is 12.6. The molecule has 3 rings (SSSR count). The van der Waals surface area contributed by atoms with Gasteiger partial charge >= 0.3 is 0 Å². The van der Waals surface area contributed by atoms with Crippen LogP contribution in [0.1, 0.15) is 16.8 Å². The van der Waals surface area contributed by atoms with E-state index in [0.717, 1.165) is 0 Å². The highest BCUT2D eigenvalue weighted by molar-refractivity contribution is 7.92. The minimum atomic E-state index is -3.91. The molecular weight excluding hydrogens is 412 g/mol. The lowest BCUT2D eigenvalue weighted by molar-refractivity contribution is -0.115. The summed E-state index contributed by atoms with van der Waals surface area (Å²) >= 11 is 6.00.